The molecule has 0 saturated heterocycles. The van der Waals surface area contributed by atoms with E-state index in [1.54, 1.807) is 42.5 Å². The van der Waals surface area contributed by atoms with E-state index in [9.17, 15) is 13.2 Å². The molecule has 0 bridgehead atoms. The molecule has 2 aromatic carbocycles. The quantitative estimate of drug-likeness (QED) is 0.571. The highest BCUT2D eigenvalue weighted by atomic mass is 35.5. The lowest BCUT2D eigenvalue weighted by Crippen LogP contribution is -2.41. The van der Waals surface area contributed by atoms with E-state index in [-0.39, 0.29) is 22.9 Å². The maximum atomic E-state index is 13.1. The summed E-state index contributed by atoms with van der Waals surface area (Å²) in [4.78, 5) is 17.0. The van der Waals surface area contributed by atoms with Gasteiger partial charge in [-0.25, -0.2) is 13.4 Å². The Morgan fingerprint density at radius 3 is 2.28 bits per heavy atom. The number of aromatic nitrogens is 1. The van der Waals surface area contributed by atoms with E-state index in [2.05, 4.69) is 10.3 Å². The molecular weight excluding hydrogens is 430 g/mol. The third-order valence-electron chi connectivity index (χ3n) is 4.28. The van der Waals surface area contributed by atoms with Crippen molar-refractivity contribution in [2.75, 3.05) is 5.32 Å². The molecular formula is C20H22ClN3O3S2. The van der Waals surface area contributed by atoms with E-state index in [0.29, 0.717) is 25.9 Å². The van der Waals surface area contributed by atoms with Crippen LogP contribution in [0.1, 0.15) is 38.1 Å². The number of thiazole rings is 1. The minimum atomic E-state index is -3.64. The summed E-state index contributed by atoms with van der Waals surface area (Å²) in [5.41, 5.74) is 1.09. The Bertz CT molecular complexity index is 1130. The number of carbonyl (C=O) groups is 1. The maximum Gasteiger partial charge on any atom is 0.257 e. The van der Waals surface area contributed by atoms with Crippen LogP contribution in [-0.4, -0.2) is 35.7 Å². The van der Waals surface area contributed by atoms with E-state index in [0.717, 1.165) is 0 Å². The lowest BCUT2D eigenvalue weighted by atomic mass is 10.2. The van der Waals surface area contributed by atoms with E-state index < -0.39 is 10.0 Å². The largest absolute Gasteiger partial charge is 0.298 e. The summed E-state index contributed by atoms with van der Waals surface area (Å²) >= 11 is 7.08. The van der Waals surface area contributed by atoms with Crippen molar-refractivity contribution in [1.29, 1.82) is 0 Å². The molecule has 1 aromatic heterocycles. The van der Waals surface area contributed by atoms with Gasteiger partial charge in [-0.05, 0) is 70.2 Å². The molecule has 3 aromatic rings. The van der Waals surface area contributed by atoms with Crippen LogP contribution in [-0.2, 0) is 10.0 Å². The molecule has 0 spiro atoms. The molecule has 0 atom stereocenters. The fourth-order valence-corrected chi connectivity index (χ4v) is 6.12. The highest BCUT2D eigenvalue weighted by Crippen LogP contribution is 2.30. The van der Waals surface area contributed by atoms with Gasteiger partial charge in [-0.2, -0.15) is 4.31 Å². The Balaban J connectivity index is 1.90. The molecule has 1 heterocycles. The number of rotatable bonds is 6. The average Bonchev–Trinajstić information content (AvgIpc) is 3.02. The van der Waals surface area contributed by atoms with E-state index in [1.165, 1.54) is 15.6 Å². The molecule has 0 aliphatic rings. The zero-order valence-electron chi connectivity index (χ0n) is 16.5. The fourth-order valence-electron chi connectivity index (χ4n) is 3.16. The molecule has 0 saturated carbocycles. The van der Waals surface area contributed by atoms with Crippen LogP contribution in [0.2, 0.25) is 5.02 Å². The van der Waals surface area contributed by atoms with Crippen LogP contribution in [0, 0.1) is 0 Å². The van der Waals surface area contributed by atoms with Gasteiger partial charge in [-0.15, -0.1) is 0 Å². The van der Waals surface area contributed by atoms with E-state index in [1.807, 2.05) is 27.7 Å². The third kappa shape index (κ3) is 4.61. The molecule has 1 N–H and O–H groups in total. The highest BCUT2D eigenvalue weighted by Gasteiger charge is 2.29. The van der Waals surface area contributed by atoms with Gasteiger partial charge in [0, 0.05) is 22.7 Å². The molecule has 0 radical (unpaired) electrons. The van der Waals surface area contributed by atoms with Crippen molar-refractivity contribution in [3.05, 3.63) is 53.1 Å². The number of nitrogens with zero attached hydrogens (tertiary/aromatic N) is 2. The fraction of sp³-hybridized carbons (Fsp3) is 0.300. The van der Waals surface area contributed by atoms with Crippen molar-refractivity contribution in [2.24, 2.45) is 0 Å². The standard InChI is InChI=1S/C20H22ClN3O3S2/c1-12(2)24(13(3)4)29(26,27)16-9-10-17-18(11-16)28-20(22-17)23-19(25)14-5-7-15(21)8-6-14/h5-13H,1-4H3,(H,22,23,25). The Kier molecular flexibility index (Phi) is 6.28. The first-order valence-electron chi connectivity index (χ1n) is 9.10. The smallest absolute Gasteiger partial charge is 0.257 e. The predicted octanol–water partition coefficient (Wildman–Crippen LogP) is 5.01. The molecule has 29 heavy (non-hydrogen) atoms. The van der Waals surface area contributed by atoms with Crippen LogP contribution < -0.4 is 5.32 Å². The summed E-state index contributed by atoms with van der Waals surface area (Å²) in [7, 11) is -3.64. The average molecular weight is 452 g/mol. The van der Waals surface area contributed by atoms with Gasteiger partial charge < -0.3 is 0 Å². The number of hydrogen-bond acceptors (Lipinski definition) is 5. The number of carbonyl (C=O) groups excluding carboxylic acids is 1. The van der Waals surface area contributed by atoms with Crippen LogP contribution in [0.25, 0.3) is 10.2 Å². The minimum Gasteiger partial charge on any atom is -0.298 e. The first kappa shape index (κ1) is 21.7. The van der Waals surface area contributed by atoms with Gasteiger partial charge in [-0.3, -0.25) is 10.1 Å². The van der Waals surface area contributed by atoms with Crippen LogP contribution in [0.15, 0.2) is 47.4 Å². The highest BCUT2D eigenvalue weighted by molar-refractivity contribution is 7.89. The Hall–Kier alpha value is -2.00. The van der Waals surface area contributed by atoms with Crippen LogP contribution in [0.4, 0.5) is 5.13 Å². The van der Waals surface area contributed by atoms with Crippen LogP contribution >= 0.6 is 22.9 Å². The number of fused-ring (bicyclic) bond motifs is 1. The van der Waals surface area contributed by atoms with Crippen LogP contribution in [0.3, 0.4) is 0 Å². The molecule has 1 amide bonds. The first-order valence-corrected chi connectivity index (χ1v) is 11.7. The number of hydrogen-bond donors (Lipinski definition) is 1. The summed E-state index contributed by atoms with van der Waals surface area (Å²) in [6.07, 6.45) is 0. The summed E-state index contributed by atoms with van der Waals surface area (Å²) in [6, 6.07) is 11.0. The number of anilines is 1. The molecule has 154 valence electrons. The van der Waals surface area contributed by atoms with Gasteiger partial charge in [0.25, 0.3) is 5.91 Å². The molecule has 0 unspecified atom stereocenters. The normalized spacial score (nSPS) is 12.3. The Morgan fingerprint density at radius 2 is 1.69 bits per heavy atom. The number of amides is 1. The Morgan fingerprint density at radius 1 is 1.07 bits per heavy atom. The van der Waals surface area contributed by atoms with Crippen molar-refractivity contribution in [3.8, 4) is 0 Å². The van der Waals surface area contributed by atoms with E-state index >= 15 is 0 Å². The van der Waals surface area contributed by atoms with Gasteiger partial charge in [-0.1, -0.05) is 22.9 Å². The van der Waals surface area contributed by atoms with Gasteiger partial charge in [0.2, 0.25) is 10.0 Å². The second-order valence-electron chi connectivity index (χ2n) is 7.13. The topological polar surface area (TPSA) is 79.4 Å². The van der Waals surface area contributed by atoms with Gasteiger partial charge in [0.15, 0.2) is 5.13 Å². The van der Waals surface area contributed by atoms with Crippen molar-refractivity contribution in [1.82, 2.24) is 9.29 Å². The van der Waals surface area contributed by atoms with Gasteiger partial charge in [0.1, 0.15) is 0 Å². The zero-order chi connectivity index (χ0) is 21.3. The summed E-state index contributed by atoms with van der Waals surface area (Å²) in [5.74, 6) is -0.306. The minimum absolute atomic E-state index is 0.161. The monoisotopic (exact) mass is 451 g/mol. The predicted molar refractivity (Wildman–Crippen MR) is 118 cm³/mol. The summed E-state index contributed by atoms with van der Waals surface area (Å²) < 4.78 is 28.3. The number of benzene rings is 2. The molecule has 9 heteroatoms. The molecule has 6 nitrogen and oxygen atoms in total. The van der Waals surface area contributed by atoms with Crippen molar-refractivity contribution >= 4 is 54.2 Å². The lowest BCUT2D eigenvalue weighted by molar-refractivity contribution is 0.102. The zero-order valence-corrected chi connectivity index (χ0v) is 18.9. The number of halogens is 1. The third-order valence-corrected chi connectivity index (χ3v) is 7.71. The Labute approximate surface area is 179 Å². The number of nitrogens with one attached hydrogen (secondary N) is 1. The molecule has 3 rings (SSSR count). The van der Waals surface area contributed by atoms with Gasteiger partial charge in [0.05, 0.1) is 15.1 Å². The molecule has 0 aliphatic heterocycles. The van der Waals surface area contributed by atoms with E-state index in [4.69, 9.17) is 11.6 Å². The maximum absolute atomic E-state index is 13.1. The summed E-state index contributed by atoms with van der Waals surface area (Å²) in [5, 5.41) is 3.70. The summed E-state index contributed by atoms with van der Waals surface area (Å²) in [6.45, 7) is 7.42. The van der Waals surface area contributed by atoms with Crippen LogP contribution in [0.5, 0.6) is 0 Å². The second kappa shape index (κ2) is 8.39. The first-order chi connectivity index (χ1) is 13.6. The van der Waals surface area contributed by atoms with Crippen molar-refractivity contribution in [2.45, 2.75) is 44.7 Å². The second-order valence-corrected chi connectivity index (χ2v) is 10.4. The van der Waals surface area contributed by atoms with Crippen molar-refractivity contribution in [3.63, 3.8) is 0 Å². The van der Waals surface area contributed by atoms with Gasteiger partial charge >= 0.3 is 0 Å². The molecule has 0 fully saturated rings. The van der Waals surface area contributed by atoms with Crippen molar-refractivity contribution < 1.29 is 13.2 Å². The SMILES string of the molecule is CC(C)N(C(C)C)S(=O)(=O)c1ccc2nc(NC(=O)c3ccc(Cl)cc3)sc2c1. The lowest BCUT2D eigenvalue weighted by Gasteiger charge is -2.29. The molecule has 0 aliphatic carbocycles. The number of sulfonamides is 1.